The van der Waals surface area contributed by atoms with E-state index in [0.717, 1.165) is 0 Å². The lowest BCUT2D eigenvalue weighted by Crippen LogP contribution is -2.34. The van der Waals surface area contributed by atoms with E-state index >= 15 is 0 Å². The summed E-state index contributed by atoms with van der Waals surface area (Å²) in [7, 11) is -9.46. The zero-order chi connectivity index (χ0) is 35.1. The summed E-state index contributed by atoms with van der Waals surface area (Å²) >= 11 is 0. The van der Waals surface area contributed by atoms with Gasteiger partial charge in [-0.05, 0) is 62.4 Å². The van der Waals surface area contributed by atoms with Crippen LogP contribution in [0.1, 0.15) is 35.7 Å². The zero-order valence-electron chi connectivity index (χ0n) is 25.6. The number of ether oxygens (including phenoxy) is 4. The molecule has 2 rings (SSSR count). The normalized spacial score (nSPS) is 12.1. The van der Waals surface area contributed by atoms with E-state index in [-0.39, 0.29) is 33.0 Å². The third-order valence-corrected chi connectivity index (χ3v) is 10.0. The minimum atomic E-state index is -5.51. The van der Waals surface area contributed by atoms with Crippen LogP contribution in [0.4, 0.5) is 15.3 Å². The molecule has 2 aromatic carbocycles. The molecule has 47 heavy (non-hydrogen) atoms. The van der Waals surface area contributed by atoms with Crippen molar-refractivity contribution in [3.05, 3.63) is 59.7 Å². The van der Waals surface area contributed by atoms with E-state index in [1.807, 2.05) is 0 Å². The SMILES string of the molecule is CCOC(=O)c1ccc(NC(=O)OCCOC(=O)N/N=C/c2cccc(OCCCN(C)CCC(O)(P(=O)(O)O)P(=O)(O)O)c2)cc1. The molecule has 260 valence electrons. The molecule has 0 heterocycles. The van der Waals surface area contributed by atoms with E-state index in [9.17, 15) is 48.2 Å². The molecule has 0 bridgehead atoms. The van der Waals surface area contributed by atoms with E-state index in [0.29, 0.717) is 35.5 Å². The molecule has 0 saturated carbocycles. The molecule has 2 aromatic rings. The average Bonchev–Trinajstić information content (AvgIpc) is 3.00. The monoisotopic (exact) mass is 704 g/mol. The number of carbonyl (C=O) groups is 3. The molecule has 0 atom stereocenters. The van der Waals surface area contributed by atoms with Crippen molar-refractivity contribution >= 4 is 45.2 Å². The highest BCUT2D eigenvalue weighted by Gasteiger charge is 2.58. The largest absolute Gasteiger partial charge is 0.494 e. The predicted molar refractivity (Wildman–Crippen MR) is 167 cm³/mol. The van der Waals surface area contributed by atoms with Gasteiger partial charge in [0.05, 0.1) is 25.0 Å². The van der Waals surface area contributed by atoms with Gasteiger partial charge in [-0.25, -0.2) is 19.8 Å². The molecule has 0 radical (unpaired) electrons. The van der Waals surface area contributed by atoms with Crippen molar-refractivity contribution in [2.45, 2.75) is 24.8 Å². The van der Waals surface area contributed by atoms with Crippen molar-refractivity contribution in [1.29, 1.82) is 0 Å². The first-order chi connectivity index (χ1) is 22.1. The van der Waals surface area contributed by atoms with Crippen molar-refractivity contribution in [1.82, 2.24) is 10.3 Å². The molecule has 0 saturated heterocycles. The molecular formula is C27H38N4O14P2. The summed E-state index contributed by atoms with van der Waals surface area (Å²) in [5, 5.41) is 12.7. The standard InChI is InChI=1S/C27H38N4O14P2/c1-3-42-24(32)21-8-10-22(11-9-21)29-25(33)44-16-17-45-26(34)30-28-19-20-6-4-7-23(18-20)43-15-5-13-31(2)14-12-27(35,46(36,37)38)47(39,40)41/h4,6-11,18-19,35H,3,5,12-17H2,1-2H3,(H,29,33)(H,30,34)(H2,36,37,38)(H2,39,40,41)/b28-19+. The third kappa shape index (κ3) is 13.4. The van der Waals surface area contributed by atoms with Gasteiger partial charge in [-0.1, -0.05) is 12.1 Å². The van der Waals surface area contributed by atoms with Gasteiger partial charge in [-0.2, -0.15) is 5.10 Å². The number of carbonyl (C=O) groups excluding carboxylic acids is 3. The second-order valence-electron chi connectivity index (χ2n) is 9.75. The Kier molecular flexibility index (Phi) is 15.5. The maximum atomic E-state index is 11.9. The maximum absolute atomic E-state index is 11.9. The number of anilines is 1. The number of hydrogen-bond acceptors (Lipinski definition) is 12. The van der Waals surface area contributed by atoms with E-state index < -0.39 is 44.9 Å². The van der Waals surface area contributed by atoms with Gasteiger partial charge in [-0.3, -0.25) is 14.4 Å². The minimum Gasteiger partial charge on any atom is -0.494 e. The van der Waals surface area contributed by atoms with Crippen LogP contribution in [0.3, 0.4) is 0 Å². The van der Waals surface area contributed by atoms with Gasteiger partial charge >= 0.3 is 33.3 Å². The molecule has 0 aliphatic rings. The van der Waals surface area contributed by atoms with Crippen LogP contribution in [-0.2, 0) is 23.3 Å². The highest BCUT2D eigenvalue weighted by atomic mass is 31.2. The van der Waals surface area contributed by atoms with Crippen LogP contribution in [0, 0.1) is 0 Å². The van der Waals surface area contributed by atoms with Gasteiger partial charge in [0.15, 0.2) is 0 Å². The molecule has 0 spiro atoms. The lowest BCUT2D eigenvalue weighted by molar-refractivity contribution is 0.0526. The lowest BCUT2D eigenvalue weighted by atomic mass is 10.2. The molecule has 20 heteroatoms. The van der Waals surface area contributed by atoms with E-state index in [2.05, 4.69) is 15.8 Å². The first kappa shape index (κ1) is 39.3. The first-order valence-electron chi connectivity index (χ1n) is 14.0. The fraction of sp³-hybridized carbons (Fsp3) is 0.407. The molecule has 0 aliphatic heterocycles. The number of hydrogen-bond donors (Lipinski definition) is 7. The fourth-order valence-electron chi connectivity index (χ4n) is 3.64. The number of rotatable bonds is 18. The Hall–Kier alpha value is -3.86. The minimum absolute atomic E-state index is 0.202. The van der Waals surface area contributed by atoms with Crippen LogP contribution in [0.5, 0.6) is 5.75 Å². The summed E-state index contributed by atoms with van der Waals surface area (Å²) in [6.07, 6.45) is -0.760. The Morgan fingerprint density at radius 3 is 2.17 bits per heavy atom. The van der Waals surface area contributed by atoms with Crippen LogP contribution in [0.15, 0.2) is 53.6 Å². The third-order valence-electron chi connectivity index (χ3n) is 6.13. The second-order valence-corrected chi connectivity index (χ2v) is 13.8. The van der Waals surface area contributed by atoms with E-state index in [1.165, 1.54) is 35.4 Å². The Balaban J connectivity index is 1.66. The van der Waals surface area contributed by atoms with Gasteiger partial charge in [0.2, 0.25) is 0 Å². The molecule has 0 aliphatic carbocycles. The fourth-order valence-corrected chi connectivity index (χ4v) is 5.78. The molecule has 2 amide bonds. The van der Waals surface area contributed by atoms with Gasteiger partial charge in [-0.15, -0.1) is 0 Å². The van der Waals surface area contributed by atoms with Crippen LogP contribution >= 0.6 is 15.2 Å². The van der Waals surface area contributed by atoms with Crippen LogP contribution in [0.25, 0.3) is 0 Å². The topological polar surface area (TPSA) is 263 Å². The van der Waals surface area contributed by atoms with E-state index in [1.54, 1.807) is 38.2 Å². The van der Waals surface area contributed by atoms with E-state index in [4.69, 9.17) is 18.9 Å². The van der Waals surface area contributed by atoms with Crippen molar-refractivity contribution < 1.29 is 67.1 Å². The maximum Gasteiger partial charge on any atom is 0.427 e. The highest BCUT2D eigenvalue weighted by molar-refractivity contribution is 7.72. The number of nitrogens with one attached hydrogen (secondary N) is 2. The van der Waals surface area contributed by atoms with Crippen LogP contribution in [-0.4, -0.2) is 106 Å². The molecular weight excluding hydrogens is 666 g/mol. The Labute approximate surface area is 270 Å². The summed E-state index contributed by atoms with van der Waals surface area (Å²) in [6.45, 7) is 1.80. The summed E-state index contributed by atoms with van der Waals surface area (Å²) in [5.74, 6) is -0.00791. The van der Waals surface area contributed by atoms with Crippen molar-refractivity contribution in [3.8, 4) is 5.75 Å². The number of benzene rings is 2. The molecule has 0 unspecified atom stereocenters. The summed E-state index contributed by atoms with van der Waals surface area (Å²) in [6, 6.07) is 12.7. The number of esters is 1. The second kappa shape index (κ2) is 18.5. The Morgan fingerprint density at radius 1 is 0.915 bits per heavy atom. The molecule has 7 N–H and O–H groups in total. The van der Waals surface area contributed by atoms with Gasteiger partial charge in [0, 0.05) is 25.2 Å². The van der Waals surface area contributed by atoms with Crippen molar-refractivity contribution in [2.75, 3.05) is 51.9 Å². The number of amides is 2. The van der Waals surface area contributed by atoms with Crippen molar-refractivity contribution in [3.63, 3.8) is 0 Å². The number of hydrazone groups is 1. The Bertz CT molecular complexity index is 1440. The quantitative estimate of drug-likeness (QED) is 0.0293. The van der Waals surface area contributed by atoms with Gasteiger partial charge in [0.25, 0.3) is 5.08 Å². The highest BCUT2D eigenvalue weighted by Crippen LogP contribution is 2.68. The predicted octanol–water partition coefficient (Wildman–Crippen LogP) is 2.26. The number of nitrogens with zero attached hydrogens (tertiary/aromatic N) is 2. The van der Waals surface area contributed by atoms with Gasteiger partial charge < -0.3 is 48.5 Å². The smallest absolute Gasteiger partial charge is 0.427 e. The molecule has 0 aromatic heterocycles. The lowest BCUT2D eigenvalue weighted by Gasteiger charge is -2.30. The average molecular weight is 705 g/mol. The molecule has 18 nitrogen and oxygen atoms in total. The summed E-state index contributed by atoms with van der Waals surface area (Å²) in [4.78, 5) is 73.8. The first-order valence-corrected chi connectivity index (χ1v) is 17.2. The van der Waals surface area contributed by atoms with Gasteiger partial charge in [0.1, 0.15) is 19.0 Å². The Morgan fingerprint density at radius 2 is 1.55 bits per heavy atom. The molecule has 0 fully saturated rings. The zero-order valence-corrected chi connectivity index (χ0v) is 27.3. The van der Waals surface area contributed by atoms with Crippen molar-refractivity contribution in [2.24, 2.45) is 5.10 Å². The number of aliphatic hydroxyl groups is 1. The van der Waals surface area contributed by atoms with Crippen LogP contribution in [0.2, 0.25) is 0 Å². The summed E-state index contributed by atoms with van der Waals surface area (Å²) in [5.41, 5.74) is 3.45. The van der Waals surface area contributed by atoms with Crippen LogP contribution < -0.4 is 15.5 Å². The summed E-state index contributed by atoms with van der Waals surface area (Å²) < 4.78 is 43.3.